The molecular weight excluding hydrogens is 166 g/mol. The molecule has 0 saturated carbocycles. The molecule has 0 spiro atoms. The number of benzene rings is 1. The van der Waals surface area contributed by atoms with E-state index in [0.29, 0.717) is 6.61 Å². The molecule has 0 fully saturated rings. The molecule has 2 rings (SSSR count). The van der Waals surface area contributed by atoms with Crippen LogP contribution in [0.15, 0.2) is 18.2 Å². The molecule has 3 heteroatoms. The normalized spacial score (nSPS) is 16.5. The Kier molecular flexibility index (Phi) is 2.20. The monoisotopic (exact) mass is 179 g/mol. The van der Waals surface area contributed by atoms with E-state index in [-0.39, 0.29) is 6.54 Å². The van der Waals surface area contributed by atoms with Crippen LogP contribution in [0.1, 0.15) is 17.2 Å². The minimum Gasteiger partial charge on any atom is -0.493 e. The van der Waals surface area contributed by atoms with Crippen LogP contribution >= 0.6 is 0 Å². The van der Waals surface area contributed by atoms with E-state index >= 15 is 0 Å². The average Bonchev–Trinajstić information content (AvgIpc) is 2.63. The summed E-state index contributed by atoms with van der Waals surface area (Å²) in [7, 11) is 0. The van der Waals surface area contributed by atoms with Gasteiger partial charge in [0.2, 0.25) is 0 Å². The Hall–Kier alpha value is -1.06. The van der Waals surface area contributed by atoms with E-state index in [2.05, 4.69) is 0 Å². The number of para-hydroxylation sites is 1. The summed E-state index contributed by atoms with van der Waals surface area (Å²) in [5, 5.41) is 9.59. The van der Waals surface area contributed by atoms with Gasteiger partial charge >= 0.3 is 0 Å². The van der Waals surface area contributed by atoms with Gasteiger partial charge in [-0.2, -0.15) is 0 Å². The van der Waals surface area contributed by atoms with Gasteiger partial charge in [-0.25, -0.2) is 0 Å². The number of rotatable bonds is 2. The highest BCUT2D eigenvalue weighted by atomic mass is 16.5. The number of aliphatic hydroxyl groups excluding tert-OH is 1. The number of nitrogens with two attached hydrogens (primary N) is 1. The van der Waals surface area contributed by atoms with Crippen LogP contribution in [0, 0.1) is 0 Å². The second-order valence-corrected chi connectivity index (χ2v) is 3.19. The van der Waals surface area contributed by atoms with Crippen LogP contribution in [-0.2, 0) is 6.42 Å². The predicted molar refractivity (Wildman–Crippen MR) is 49.7 cm³/mol. The van der Waals surface area contributed by atoms with Crippen LogP contribution in [0.4, 0.5) is 0 Å². The van der Waals surface area contributed by atoms with Crippen molar-refractivity contribution in [3.8, 4) is 5.75 Å². The summed E-state index contributed by atoms with van der Waals surface area (Å²) in [5.74, 6) is 0.834. The molecule has 70 valence electrons. The summed E-state index contributed by atoms with van der Waals surface area (Å²) in [6.07, 6.45) is 0.327. The Balaban J connectivity index is 2.41. The maximum Gasteiger partial charge on any atom is 0.128 e. The van der Waals surface area contributed by atoms with E-state index < -0.39 is 6.10 Å². The zero-order chi connectivity index (χ0) is 9.26. The first kappa shape index (κ1) is 8.53. The van der Waals surface area contributed by atoms with Crippen molar-refractivity contribution >= 4 is 0 Å². The minimum absolute atomic E-state index is 0.236. The van der Waals surface area contributed by atoms with E-state index in [1.165, 1.54) is 5.56 Å². The van der Waals surface area contributed by atoms with Crippen LogP contribution in [0.25, 0.3) is 0 Å². The van der Waals surface area contributed by atoms with Crippen molar-refractivity contribution in [3.05, 3.63) is 29.3 Å². The van der Waals surface area contributed by atoms with Gasteiger partial charge in [-0.1, -0.05) is 18.2 Å². The maximum atomic E-state index is 9.59. The second kappa shape index (κ2) is 3.36. The number of ether oxygens (including phenoxy) is 1. The molecule has 13 heavy (non-hydrogen) atoms. The molecule has 1 aromatic rings. The standard InChI is InChI=1S/C10H13NO2/c11-6-9(12)8-3-1-2-7-4-5-13-10(7)8/h1-3,9,12H,4-6,11H2/t9-/m0/s1. The van der Waals surface area contributed by atoms with Crippen LogP contribution in [0.5, 0.6) is 5.75 Å². The van der Waals surface area contributed by atoms with Gasteiger partial charge in [0.05, 0.1) is 12.7 Å². The molecule has 0 bridgehead atoms. The second-order valence-electron chi connectivity index (χ2n) is 3.19. The van der Waals surface area contributed by atoms with E-state index in [9.17, 15) is 5.11 Å². The number of hydrogen-bond acceptors (Lipinski definition) is 3. The molecule has 1 aliphatic rings. The maximum absolute atomic E-state index is 9.59. The first-order chi connectivity index (χ1) is 6.33. The molecule has 1 heterocycles. The summed E-state index contributed by atoms with van der Waals surface area (Å²) in [6.45, 7) is 0.948. The summed E-state index contributed by atoms with van der Waals surface area (Å²) in [4.78, 5) is 0. The first-order valence-electron chi connectivity index (χ1n) is 4.45. The Morgan fingerprint density at radius 2 is 2.38 bits per heavy atom. The van der Waals surface area contributed by atoms with Crippen molar-refractivity contribution in [2.45, 2.75) is 12.5 Å². The lowest BCUT2D eigenvalue weighted by Gasteiger charge is -2.11. The molecule has 1 atom stereocenters. The summed E-state index contributed by atoms with van der Waals surface area (Å²) in [5.41, 5.74) is 7.38. The topological polar surface area (TPSA) is 55.5 Å². The Labute approximate surface area is 77.1 Å². The zero-order valence-corrected chi connectivity index (χ0v) is 7.36. The van der Waals surface area contributed by atoms with Crippen LogP contribution in [0.2, 0.25) is 0 Å². The van der Waals surface area contributed by atoms with Crippen LogP contribution in [-0.4, -0.2) is 18.3 Å². The molecule has 3 N–H and O–H groups in total. The number of fused-ring (bicyclic) bond motifs is 1. The van der Waals surface area contributed by atoms with Crippen molar-refractivity contribution in [3.63, 3.8) is 0 Å². The van der Waals surface area contributed by atoms with Gasteiger partial charge in [0.25, 0.3) is 0 Å². The predicted octanol–water partition coefficient (Wildman–Crippen LogP) is 0.614. The van der Waals surface area contributed by atoms with Crippen molar-refractivity contribution in [1.82, 2.24) is 0 Å². The van der Waals surface area contributed by atoms with Crippen molar-refractivity contribution in [2.24, 2.45) is 5.73 Å². The fraction of sp³-hybridized carbons (Fsp3) is 0.400. The lowest BCUT2D eigenvalue weighted by atomic mass is 10.0. The average molecular weight is 179 g/mol. The highest BCUT2D eigenvalue weighted by Gasteiger charge is 2.19. The molecule has 3 nitrogen and oxygen atoms in total. The van der Waals surface area contributed by atoms with E-state index in [0.717, 1.165) is 17.7 Å². The first-order valence-corrected chi connectivity index (χ1v) is 4.45. The molecule has 0 aromatic heterocycles. The lowest BCUT2D eigenvalue weighted by Crippen LogP contribution is -2.12. The van der Waals surface area contributed by atoms with Gasteiger partial charge in [0.1, 0.15) is 5.75 Å². The third-order valence-corrected chi connectivity index (χ3v) is 2.33. The fourth-order valence-corrected chi connectivity index (χ4v) is 1.63. The van der Waals surface area contributed by atoms with E-state index in [1.807, 2.05) is 18.2 Å². The largest absolute Gasteiger partial charge is 0.493 e. The SMILES string of the molecule is NC[C@H](O)c1cccc2c1OCC2. The van der Waals surface area contributed by atoms with Gasteiger partial charge in [-0.15, -0.1) is 0 Å². The Bertz CT molecular complexity index is 312. The zero-order valence-electron chi connectivity index (χ0n) is 7.36. The van der Waals surface area contributed by atoms with Crippen molar-refractivity contribution < 1.29 is 9.84 Å². The number of hydrogen-bond donors (Lipinski definition) is 2. The third-order valence-electron chi connectivity index (χ3n) is 2.33. The molecule has 0 amide bonds. The molecule has 1 aromatic carbocycles. The fourth-order valence-electron chi connectivity index (χ4n) is 1.63. The Morgan fingerprint density at radius 1 is 1.54 bits per heavy atom. The highest BCUT2D eigenvalue weighted by molar-refractivity contribution is 5.45. The molecule has 0 unspecified atom stereocenters. The molecule has 1 aliphatic heterocycles. The van der Waals surface area contributed by atoms with Gasteiger partial charge in [-0.05, 0) is 5.56 Å². The lowest BCUT2D eigenvalue weighted by molar-refractivity contribution is 0.181. The van der Waals surface area contributed by atoms with Gasteiger partial charge in [-0.3, -0.25) is 0 Å². The quantitative estimate of drug-likeness (QED) is 0.699. The minimum atomic E-state index is -0.604. The summed E-state index contributed by atoms with van der Waals surface area (Å²) >= 11 is 0. The molecule has 0 aliphatic carbocycles. The van der Waals surface area contributed by atoms with Gasteiger partial charge < -0.3 is 15.6 Å². The van der Waals surface area contributed by atoms with Crippen LogP contribution < -0.4 is 10.5 Å². The smallest absolute Gasteiger partial charge is 0.128 e. The van der Waals surface area contributed by atoms with Crippen LogP contribution in [0.3, 0.4) is 0 Å². The van der Waals surface area contributed by atoms with Gasteiger partial charge in [0, 0.05) is 18.5 Å². The summed E-state index contributed by atoms with van der Waals surface area (Å²) < 4.78 is 5.44. The van der Waals surface area contributed by atoms with Crippen molar-refractivity contribution in [2.75, 3.05) is 13.2 Å². The molecule has 0 saturated heterocycles. The molecular formula is C10H13NO2. The molecule has 0 radical (unpaired) electrons. The van der Waals surface area contributed by atoms with Gasteiger partial charge in [0.15, 0.2) is 0 Å². The van der Waals surface area contributed by atoms with E-state index in [4.69, 9.17) is 10.5 Å². The summed E-state index contributed by atoms with van der Waals surface area (Å²) in [6, 6.07) is 5.82. The third kappa shape index (κ3) is 1.41. The van der Waals surface area contributed by atoms with Crippen molar-refractivity contribution in [1.29, 1.82) is 0 Å². The number of aliphatic hydroxyl groups is 1. The highest BCUT2D eigenvalue weighted by Crippen LogP contribution is 2.32. The van der Waals surface area contributed by atoms with E-state index in [1.54, 1.807) is 0 Å². The Morgan fingerprint density at radius 3 is 3.15 bits per heavy atom.